The second kappa shape index (κ2) is 6.90. The van der Waals surface area contributed by atoms with E-state index in [1.165, 1.54) is 10.9 Å². The highest BCUT2D eigenvalue weighted by Gasteiger charge is 2.23. The molecule has 122 valence electrons. The van der Waals surface area contributed by atoms with Crippen molar-refractivity contribution in [3.8, 4) is 0 Å². The lowest BCUT2D eigenvalue weighted by Gasteiger charge is -2.29. The van der Waals surface area contributed by atoms with Gasteiger partial charge in [0.1, 0.15) is 0 Å². The fraction of sp³-hybridized carbons (Fsp3) is 0.438. The molecule has 6 nitrogen and oxygen atoms in total. The van der Waals surface area contributed by atoms with Gasteiger partial charge in [0.2, 0.25) is 0 Å². The number of fused-ring (bicyclic) bond motifs is 1. The Hall–Kier alpha value is -1.57. The largest absolute Gasteiger partial charge is 0.326 e. The van der Waals surface area contributed by atoms with E-state index in [2.05, 4.69) is 26.2 Å². The van der Waals surface area contributed by atoms with E-state index in [9.17, 15) is 9.59 Å². The Balaban J connectivity index is 1.76. The number of carbonyl (C=O) groups excluding carboxylic acids is 1. The van der Waals surface area contributed by atoms with Crippen molar-refractivity contribution in [2.45, 2.75) is 37.9 Å². The number of carbonyl (C=O) groups is 1. The summed E-state index contributed by atoms with van der Waals surface area (Å²) in [5.74, 6) is -0.0137. The van der Waals surface area contributed by atoms with E-state index in [1.54, 1.807) is 18.2 Å². The summed E-state index contributed by atoms with van der Waals surface area (Å²) in [6.45, 7) is 0.917. The third-order valence-electron chi connectivity index (χ3n) is 4.22. The van der Waals surface area contributed by atoms with Gasteiger partial charge in [0, 0.05) is 23.0 Å². The molecule has 1 aromatic carbocycles. The molecule has 0 bridgehead atoms. The fourth-order valence-corrected chi connectivity index (χ4v) is 3.29. The first-order valence-corrected chi connectivity index (χ1v) is 8.49. The van der Waals surface area contributed by atoms with Gasteiger partial charge in [0.25, 0.3) is 5.56 Å². The standard InChI is InChI=1S/C16H19BrN4O2/c17-10-3-4-12-14(6-10)20-9-21(16(12)23)8-11(22)7-15-13(18)2-1-5-19-15/h3-4,6,9,13,15,19H,1-2,5,7-8,18H2/t13-,15+/m0/s1. The maximum absolute atomic E-state index is 12.4. The monoisotopic (exact) mass is 378 g/mol. The van der Waals surface area contributed by atoms with Crippen LogP contribution in [0.3, 0.4) is 0 Å². The van der Waals surface area contributed by atoms with Crippen LogP contribution in [0.5, 0.6) is 0 Å². The molecule has 2 atom stereocenters. The van der Waals surface area contributed by atoms with Crippen LogP contribution in [0.1, 0.15) is 19.3 Å². The van der Waals surface area contributed by atoms with Gasteiger partial charge in [-0.1, -0.05) is 15.9 Å². The molecule has 1 aliphatic heterocycles. The highest BCUT2D eigenvalue weighted by atomic mass is 79.9. The number of rotatable bonds is 4. The van der Waals surface area contributed by atoms with Gasteiger partial charge in [-0.2, -0.15) is 0 Å². The zero-order valence-electron chi connectivity index (χ0n) is 12.7. The maximum atomic E-state index is 12.4. The molecule has 0 spiro atoms. The second-order valence-electron chi connectivity index (χ2n) is 5.95. The van der Waals surface area contributed by atoms with Gasteiger partial charge < -0.3 is 11.1 Å². The van der Waals surface area contributed by atoms with Crippen LogP contribution in [0.25, 0.3) is 10.9 Å². The van der Waals surface area contributed by atoms with E-state index in [0.717, 1.165) is 23.9 Å². The Kier molecular flexibility index (Phi) is 4.89. The van der Waals surface area contributed by atoms with Crippen LogP contribution in [0.15, 0.2) is 33.8 Å². The molecule has 3 rings (SSSR count). The smallest absolute Gasteiger partial charge is 0.261 e. The first-order chi connectivity index (χ1) is 11.0. The van der Waals surface area contributed by atoms with Crippen molar-refractivity contribution >= 4 is 32.6 Å². The van der Waals surface area contributed by atoms with Crippen LogP contribution in [0, 0.1) is 0 Å². The molecule has 0 saturated carbocycles. The van der Waals surface area contributed by atoms with Crippen molar-refractivity contribution in [3.63, 3.8) is 0 Å². The van der Waals surface area contributed by atoms with E-state index in [-0.39, 0.29) is 30.0 Å². The summed E-state index contributed by atoms with van der Waals surface area (Å²) < 4.78 is 2.23. The lowest BCUT2D eigenvalue weighted by atomic mass is 9.95. The predicted molar refractivity (Wildman–Crippen MR) is 92.3 cm³/mol. The molecular formula is C16H19BrN4O2. The second-order valence-corrected chi connectivity index (χ2v) is 6.86. The molecular weight excluding hydrogens is 360 g/mol. The molecule has 1 fully saturated rings. The number of nitrogens with two attached hydrogens (primary N) is 1. The molecule has 7 heteroatoms. The van der Waals surface area contributed by atoms with Crippen LogP contribution >= 0.6 is 15.9 Å². The summed E-state index contributed by atoms with van der Waals surface area (Å²) in [5, 5.41) is 3.79. The Morgan fingerprint density at radius 1 is 1.48 bits per heavy atom. The minimum Gasteiger partial charge on any atom is -0.326 e. The highest BCUT2D eigenvalue weighted by Crippen LogP contribution is 2.15. The Labute approximate surface area is 142 Å². The number of ketones is 1. The van der Waals surface area contributed by atoms with Crippen molar-refractivity contribution < 1.29 is 4.79 Å². The first kappa shape index (κ1) is 16.3. The van der Waals surface area contributed by atoms with E-state index in [4.69, 9.17) is 5.73 Å². The molecule has 2 aromatic rings. The number of benzene rings is 1. The third kappa shape index (κ3) is 3.68. The number of Topliss-reactive ketones (excluding diaryl/α,β-unsaturated/α-hetero) is 1. The molecule has 0 unspecified atom stereocenters. The summed E-state index contributed by atoms with van der Waals surface area (Å²) in [4.78, 5) is 29.0. The lowest BCUT2D eigenvalue weighted by Crippen LogP contribution is -2.50. The van der Waals surface area contributed by atoms with Gasteiger partial charge in [0.15, 0.2) is 5.78 Å². The third-order valence-corrected chi connectivity index (χ3v) is 4.71. The van der Waals surface area contributed by atoms with Crippen LogP contribution < -0.4 is 16.6 Å². The Morgan fingerprint density at radius 2 is 2.30 bits per heavy atom. The summed E-state index contributed by atoms with van der Waals surface area (Å²) in [6.07, 6.45) is 3.74. The summed E-state index contributed by atoms with van der Waals surface area (Å²) >= 11 is 3.35. The Morgan fingerprint density at radius 3 is 3.09 bits per heavy atom. The topological polar surface area (TPSA) is 90.0 Å². The van der Waals surface area contributed by atoms with Crippen LogP contribution in [-0.2, 0) is 11.3 Å². The van der Waals surface area contributed by atoms with Gasteiger partial charge in [0.05, 0.1) is 23.8 Å². The van der Waals surface area contributed by atoms with Crippen molar-refractivity contribution in [3.05, 3.63) is 39.4 Å². The molecule has 0 aliphatic carbocycles. The Bertz CT molecular complexity index is 789. The van der Waals surface area contributed by atoms with E-state index in [1.807, 2.05) is 0 Å². The number of nitrogens with zero attached hydrogens (tertiary/aromatic N) is 2. The number of hydrogen-bond acceptors (Lipinski definition) is 5. The van der Waals surface area contributed by atoms with Crippen molar-refractivity contribution in [2.24, 2.45) is 5.73 Å². The molecule has 0 radical (unpaired) electrons. The number of piperidine rings is 1. The number of halogens is 1. The zero-order chi connectivity index (χ0) is 16.4. The SMILES string of the molecule is N[C@H]1CCCN[C@@H]1CC(=O)Cn1cnc2cc(Br)ccc2c1=O. The lowest BCUT2D eigenvalue weighted by molar-refractivity contribution is -0.120. The average molecular weight is 379 g/mol. The normalized spacial score (nSPS) is 21.5. The number of aromatic nitrogens is 2. The van der Waals surface area contributed by atoms with Gasteiger partial charge >= 0.3 is 0 Å². The molecule has 1 saturated heterocycles. The number of nitrogens with one attached hydrogen (secondary N) is 1. The van der Waals surface area contributed by atoms with Crippen LogP contribution in [0.4, 0.5) is 0 Å². The molecule has 1 aromatic heterocycles. The first-order valence-electron chi connectivity index (χ1n) is 7.70. The maximum Gasteiger partial charge on any atom is 0.261 e. The minimum absolute atomic E-state index is 0.00324. The van der Waals surface area contributed by atoms with Gasteiger partial charge in [-0.25, -0.2) is 4.98 Å². The van der Waals surface area contributed by atoms with Crippen molar-refractivity contribution in [1.29, 1.82) is 0 Å². The molecule has 0 amide bonds. The predicted octanol–water partition coefficient (Wildman–Crippen LogP) is 1.20. The van der Waals surface area contributed by atoms with E-state index >= 15 is 0 Å². The summed E-state index contributed by atoms with van der Waals surface area (Å²) in [5.41, 5.74) is 6.46. The molecule has 23 heavy (non-hydrogen) atoms. The van der Waals surface area contributed by atoms with Gasteiger partial charge in [-0.05, 0) is 37.6 Å². The zero-order valence-corrected chi connectivity index (χ0v) is 14.3. The van der Waals surface area contributed by atoms with E-state index < -0.39 is 0 Å². The van der Waals surface area contributed by atoms with Gasteiger partial charge in [-0.15, -0.1) is 0 Å². The number of hydrogen-bond donors (Lipinski definition) is 2. The summed E-state index contributed by atoms with van der Waals surface area (Å²) in [7, 11) is 0. The van der Waals surface area contributed by atoms with Crippen molar-refractivity contribution in [2.75, 3.05) is 6.54 Å². The van der Waals surface area contributed by atoms with Crippen molar-refractivity contribution in [1.82, 2.24) is 14.9 Å². The highest BCUT2D eigenvalue weighted by molar-refractivity contribution is 9.10. The summed E-state index contributed by atoms with van der Waals surface area (Å²) in [6, 6.07) is 5.29. The van der Waals surface area contributed by atoms with Crippen LogP contribution in [-0.4, -0.2) is 34.0 Å². The van der Waals surface area contributed by atoms with Gasteiger partial charge in [-0.3, -0.25) is 14.2 Å². The fourth-order valence-electron chi connectivity index (χ4n) is 2.95. The quantitative estimate of drug-likeness (QED) is 0.833. The van der Waals surface area contributed by atoms with E-state index in [0.29, 0.717) is 17.3 Å². The molecule has 2 heterocycles. The van der Waals surface area contributed by atoms with Crippen LogP contribution in [0.2, 0.25) is 0 Å². The average Bonchev–Trinajstić information content (AvgIpc) is 2.52. The molecule has 1 aliphatic rings. The molecule has 3 N–H and O–H groups in total. The minimum atomic E-state index is -0.197.